The van der Waals surface area contributed by atoms with Gasteiger partial charge in [-0.1, -0.05) is 6.07 Å². The third kappa shape index (κ3) is 4.78. The second-order valence-corrected chi connectivity index (χ2v) is 7.71. The first-order valence-corrected chi connectivity index (χ1v) is 7.92. The SMILES string of the molecule is COP(=O)(O)C(Cc1cccnc1)P(=O)(O)O.Cl. The maximum absolute atomic E-state index is 11.6. The van der Waals surface area contributed by atoms with Crippen LogP contribution < -0.4 is 0 Å². The van der Waals surface area contributed by atoms with Crippen molar-refractivity contribution < 1.29 is 28.3 Å². The van der Waals surface area contributed by atoms with Crippen molar-refractivity contribution in [2.75, 3.05) is 7.11 Å². The zero-order chi connectivity index (χ0) is 13.1. The average molecular weight is 318 g/mol. The predicted molar refractivity (Wildman–Crippen MR) is 67.9 cm³/mol. The van der Waals surface area contributed by atoms with Gasteiger partial charge in [0.1, 0.15) is 0 Å². The summed E-state index contributed by atoms with van der Waals surface area (Å²) < 4.78 is 27.1. The van der Waals surface area contributed by atoms with E-state index in [0.29, 0.717) is 5.56 Å². The summed E-state index contributed by atoms with van der Waals surface area (Å²) in [5.74, 6) is 0. The van der Waals surface area contributed by atoms with E-state index in [-0.39, 0.29) is 18.8 Å². The molecule has 10 heteroatoms. The molecule has 0 aliphatic heterocycles. The lowest BCUT2D eigenvalue weighted by Crippen LogP contribution is -2.14. The first kappa shape index (κ1) is 17.7. The van der Waals surface area contributed by atoms with E-state index in [0.717, 1.165) is 7.11 Å². The van der Waals surface area contributed by atoms with Crippen molar-refractivity contribution >= 4 is 27.6 Å². The molecule has 0 fully saturated rings. The minimum atomic E-state index is -4.75. The first-order valence-electron chi connectivity index (χ1n) is 4.59. The van der Waals surface area contributed by atoms with E-state index >= 15 is 0 Å². The van der Waals surface area contributed by atoms with E-state index in [1.54, 1.807) is 12.1 Å². The van der Waals surface area contributed by atoms with E-state index in [1.807, 2.05) is 0 Å². The van der Waals surface area contributed by atoms with Gasteiger partial charge in [0.2, 0.25) is 0 Å². The Bertz CT molecular complexity index is 464. The summed E-state index contributed by atoms with van der Waals surface area (Å²) in [5, 5.41) is -1.77. The minimum absolute atomic E-state index is 0. The van der Waals surface area contributed by atoms with Gasteiger partial charge in [0.15, 0.2) is 5.40 Å². The quantitative estimate of drug-likeness (QED) is 0.702. The first-order chi connectivity index (χ1) is 7.77. The third-order valence-corrected chi connectivity index (χ3v) is 6.36. The Balaban J connectivity index is 0.00000289. The molecule has 1 aromatic rings. The van der Waals surface area contributed by atoms with Crippen molar-refractivity contribution in [3.05, 3.63) is 30.1 Å². The molecule has 0 spiro atoms. The summed E-state index contributed by atoms with van der Waals surface area (Å²) in [6.07, 6.45) is 2.59. The Morgan fingerprint density at radius 1 is 1.39 bits per heavy atom. The van der Waals surface area contributed by atoms with Crippen LogP contribution >= 0.6 is 27.6 Å². The van der Waals surface area contributed by atoms with Crippen LogP contribution in [0.3, 0.4) is 0 Å². The summed E-state index contributed by atoms with van der Waals surface area (Å²) in [6, 6.07) is 3.13. The number of hydrogen-bond acceptors (Lipinski definition) is 4. The van der Waals surface area contributed by atoms with Crippen LogP contribution in [0.25, 0.3) is 0 Å². The number of halogens is 1. The van der Waals surface area contributed by atoms with Crippen molar-refractivity contribution in [3.8, 4) is 0 Å². The maximum Gasteiger partial charge on any atom is 0.343 e. The highest BCUT2D eigenvalue weighted by atomic mass is 35.5. The van der Waals surface area contributed by atoms with Crippen LogP contribution in [0, 0.1) is 0 Å². The largest absolute Gasteiger partial charge is 0.343 e. The third-order valence-electron chi connectivity index (χ3n) is 2.17. The standard InChI is InChI=1S/C8H13NO6P2.ClH/c1-15-17(13,14)8(16(10,11)12)5-7-3-2-4-9-6-7;/h2-4,6,8H,5H2,1H3,(H,13,14)(H2,10,11,12);1H. The smallest absolute Gasteiger partial charge is 0.324 e. The van der Waals surface area contributed by atoms with Gasteiger partial charge in [0.25, 0.3) is 0 Å². The van der Waals surface area contributed by atoms with E-state index < -0.39 is 20.6 Å². The maximum atomic E-state index is 11.6. The van der Waals surface area contributed by atoms with Crippen molar-refractivity contribution in [1.29, 1.82) is 0 Å². The van der Waals surface area contributed by atoms with Gasteiger partial charge in [-0.15, -0.1) is 12.4 Å². The van der Waals surface area contributed by atoms with Crippen LogP contribution in [0.4, 0.5) is 0 Å². The normalized spacial score (nSPS) is 16.4. The summed E-state index contributed by atoms with van der Waals surface area (Å²) in [6.45, 7) is 0. The number of aromatic nitrogens is 1. The number of pyridine rings is 1. The molecule has 2 atom stereocenters. The van der Waals surface area contributed by atoms with Crippen molar-refractivity contribution in [2.45, 2.75) is 11.8 Å². The molecule has 0 aliphatic carbocycles. The molecular formula is C8H14ClNO6P2. The van der Waals surface area contributed by atoms with Crippen molar-refractivity contribution in [1.82, 2.24) is 4.98 Å². The lowest BCUT2D eigenvalue weighted by molar-refractivity contribution is 0.300. The summed E-state index contributed by atoms with van der Waals surface area (Å²) in [7, 11) is -8.17. The highest BCUT2D eigenvalue weighted by Gasteiger charge is 2.44. The predicted octanol–water partition coefficient (Wildman–Crippen LogP) is 1.38. The molecular weight excluding hydrogens is 303 g/mol. The highest BCUT2D eigenvalue weighted by Crippen LogP contribution is 2.63. The molecule has 2 unspecified atom stereocenters. The Morgan fingerprint density at radius 3 is 2.39 bits per heavy atom. The average Bonchev–Trinajstić information content (AvgIpc) is 2.25. The summed E-state index contributed by atoms with van der Waals surface area (Å²) >= 11 is 0. The molecule has 0 amide bonds. The van der Waals surface area contributed by atoms with E-state index in [4.69, 9.17) is 9.79 Å². The molecule has 0 saturated carbocycles. The second kappa shape index (κ2) is 6.78. The van der Waals surface area contributed by atoms with Crippen molar-refractivity contribution in [2.24, 2.45) is 0 Å². The van der Waals surface area contributed by atoms with Crippen LogP contribution in [0.2, 0.25) is 0 Å². The fraction of sp³-hybridized carbons (Fsp3) is 0.375. The summed E-state index contributed by atoms with van der Waals surface area (Å²) in [5.41, 5.74) is 0.451. The van der Waals surface area contributed by atoms with E-state index in [9.17, 15) is 14.0 Å². The zero-order valence-electron chi connectivity index (χ0n) is 9.41. The molecule has 0 radical (unpaired) electrons. The van der Waals surface area contributed by atoms with Gasteiger partial charge < -0.3 is 19.2 Å². The Labute approximate surface area is 110 Å². The summed E-state index contributed by atoms with van der Waals surface area (Å²) in [4.78, 5) is 31.3. The van der Waals surface area contributed by atoms with Gasteiger partial charge >= 0.3 is 15.2 Å². The van der Waals surface area contributed by atoms with Gasteiger partial charge in [-0.3, -0.25) is 14.1 Å². The van der Waals surface area contributed by atoms with E-state index in [1.165, 1.54) is 12.4 Å². The van der Waals surface area contributed by atoms with Crippen molar-refractivity contribution in [3.63, 3.8) is 0 Å². The highest BCUT2D eigenvalue weighted by molar-refractivity contribution is 7.71. The minimum Gasteiger partial charge on any atom is -0.324 e. The van der Waals surface area contributed by atoms with Crippen LogP contribution in [-0.2, 0) is 20.1 Å². The molecule has 18 heavy (non-hydrogen) atoms. The van der Waals surface area contributed by atoms with Gasteiger partial charge in [0, 0.05) is 19.5 Å². The molecule has 1 rings (SSSR count). The monoisotopic (exact) mass is 317 g/mol. The molecule has 1 aromatic heterocycles. The fourth-order valence-corrected chi connectivity index (χ4v) is 4.21. The number of nitrogens with zero attached hydrogens (tertiary/aromatic N) is 1. The van der Waals surface area contributed by atoms with Crippen LogP contribution in [-0.4, -0.2) is 32.2 Å². The lowest BCUT2D eigenvalue weighted by Gasteiger charge is -2.21. The van der Waals surface area contributed by atoms with Crippen LogP contribution in [0.5, 0.6) is 0 Å². The zero-order valence-corrected chi connectivity index (χ0v) is 12.0. The topological polar surface area (TPSA) is 117 Å². The van der Waals surface area contributed by atoms with Gasteiger partial charge in [-0.2, -0.15) is 0 Å². The molecule has 7 nitrogen and oxygen atoms in total. The molecule has 104 valence electrons. The molecule has 1 heterocycles. The number of rotatable bonds is 5. The molecule has 0 aromatic carbocycles. The Kier molecular flexibility index (Phi) is 6.68. The fourth-order valence-electron chi connectivity index (χ4n) is 1.28. The molecule has 0 bridgehead atoms. The van der Waals surface area contributed by atoms with Crippen LogP contribution in [0.15, 0.2) is 24.5 Å². The van der Waals surface area contributed by atoms with E-state index in [2.05, 4.69) is 9.51 Å². The lowest BCUT2D eigenvalue weighted by atomic mass is 10.2. The Morgan fingerprint density at radius 2 is 2.00 bits per heavy atom. The van der Waals surface area contributed by atoms with Gasteiger partial charge in [-0.25, -0.2) is 0 Å². The molecule has 3 N–H and O–H groups in total. The number of hydrogen-bond donors (Lipinski definition) is 3. The molecule has 0 aliphatic rings. The molecule has 0 saturated heterocycles. The van der Waals surface area contributed by atoms with Gasteiger partial charge in [-0.05, 0) is 18.1 Å². The van der Waals surface area contributed by atoms with Gasteiger partial charge in [0.05, 0.1) is 0 Å². The van der Waals surface area contributed by atoms with Crippen LogP contribution in [0.1, 0.15) is 5.56 Å². The second-order valence-electron chi connectivity index (χ2n) is 3.38. The Hall–Kier alpha value is -0.260.